The number of esters is 1. The number of likely N-dealkylation sites (tertiary alicyclic amines) is 1. The van der Waals surface area contributed by atoms with E-state index in [-0.39, 0.29) is 23.9 Å². The van der Waals surface area contributed by atoms with Crippen molar-refractivity contribution < 1.29 is 19.1 Å². The lowest BCUT2D eigenvalue weighted by atomic mass is 9.99. The number of methoxy groups -OCH3 is 1. The van der Waals surface area contributed by atoms with Crippen molar-refractivity contribution >= 4 is 12.1 Å². The summed E-state index contributed by atoms with van der Waals surface area (Å²) >= 11 is 0. The van der Waals surface area contributed by atoms with E-state index in [9.17, 15) is 9.59 Å². The van der Waals surface area contributed by atoms with Crippen molar-refractivity contribution in [2.75, 3.05) is 26.8 Å². The monoisotopic (exact) mass is 243 g/mol. The molecule has 1 heterocycles. The van der Waals surface area contributed by atoms with Gasteiger partial charge in [0.1, 0.15) is 0 Å². The van der Waals surface area contributed by atoms with E-state index in [0.29, 0.717) is 25.6 Å². The standard InChI is InChI=1S/C12H21NO4/c1-8(2)7-17-12(15)13-5-9(3)10(6-13)11(14)16-4/h8-10H,5-7H2,1-4H3. The van der Waals surface area contributed by atoms with Gasteiger partial charge in [-0.2, -0.15) is 0 Å². The van der Waals surface area contributed by atoms with Gasteiger partial charge in [0.05, 0.1) is 19.6 Å². The number of hydrogen-bond acceptors (Lipinski definition) is 4. The zero-order valence-corrected chi connectivity index (χ0v) is 10.9. The molecule has 98 valence electrons. The van der Waals surface area contributed by atoms with Crippen molar-refractivity contribution in [1.82, 2.24) is 4.90 Å². The lowest BCUT2D eigenvalue weighted by Crippen LogP contribution is -2.31. The van der Waals surface area contributed by atoms with Gasteiger partial charge in [-0.3, -0.25) is 4.79 Å². The van der Waals surface area contributed by atoms with Crippen LogP contribution in [0, 0.1) is 17.8 Å². The van der Waals surface area contributed by atoms with E-state index in [1.807, 2.05) is 20.8 Å². The number of hydrogen-bond donors (Lipinski definition) is 0. The van der Waals surface area contributed by atoms with Crippen LogP contribution in [0.4, 0.5) is 4.79 Å². The topological polar surface area (TPSA) is 55.8 Å². The first kappa shape index (κ1) is 13.8. The zero-order valence-electron chi connectivity index (χ0n) is 10.9. The van der Waals surface area contributed by atoms with Gasteiger partial charge in [-0.15, -0.1) is 0 Å². The average Bonchev–Trinajstić information content (AvgIpc) is 2.67. The maximum atomic E-state index is 11.7. The molecule has 0 spiro atoms. The molecule has 17 heavy (non-hydrogen) atoms. The molecular weight excluding hydrogens is 222 g/mol. The first-order chi connectivity index (χ1) is 7.95. The fourth-order valence-corrected chi connectivity index (χ4v) is 1.90. The Morgan fingerprint density at radius 1 is 1.35 bits per heavy atom. The Kier molecular flexibility index (Phi) is 4.78. The molecule has 2 atom stereocenters. The highest BCUT2D eigenvalue weighted by Gasteiger charge is 2.38. The molecule has 0 N–H and O–H groups in total. The summed E-state index contributed by atoms with van der Waals surface area (Å²) < 4.78 is 9.85. The normalized spacial score (nSPS) is 23.9. The third-order valence-electron chi connectivity index (χ3n) is 2.91. The molecule has 1 fully saturated rings. The maximum absolute atomic E-state index is 11.7. The maximum Gasteiger partial charge on any atom is 0.409 e. The van der Waals surface area contributed by atoms with Crippen molar-refractivity contribution in [2.24, 2.45) is 17.8 Å². The Labute approximate surface area is 102 Å². The van der Waals surface area contributed by atoms with E-state index in [1.165, 1.54) is 7.11 Å². The fraction of sp³-hybridized carbons (Fsp3) is 0.833. The van der Waals surface area contributed by atoms with Gasteiger partial charge in [0, 0.05) is 13.1 Å². The van der Waals surface area contributed by atoms with Gasteiger partial charge in [-0.25, -0.2) is 4.79 Å². The van der Waals surface area contributed by atoms with Crippen LogP contribution in [0.2, 0.25) is 0 Å². The lowest BCUT2D eigenvalue weighted by molar-refractivity contribution is -0.146. The van der Waals surface area contributed by atoms with Crippen molar-refractivity contribution in [2.45, 2.75) is 20.8 Å². The van der Waals surface area contributed by atoms with E-state index in [0.717, 1.165) is 0 Å². The van der Waals surface area contributed by atoms with Crippen molar-refractivity contribution in [3.8, 4) is 0 Å². The molecule has 1 rings (SSSR count). The summed E-state index contributed by atoms with van der Waals surface area (Å²) in [5, 5.41) is 0. The van der Waals surface area contributed by atoms with Crippen LogP contribution in [0.5, 0.6) is 0 Å². The Balaban J connectivity index is 2.48. The van der Waals surface area contributed by atoms with Crippen molar-refractivity contribution in [1.29, 1.82) is 0 Å². The number of carbonyl (C=O) groups is 2. The van der Waals surface area contributed by atoms with Crippen molar-refractivity contribution in [3.63, 3.8) is 0 Å². The average molecular weight is 243 g/mol. The van der Waals surface area contributed by atoms with E-state index < -0.39 is 0 Å². The van der Waals surface area contributed by atoms with Gasteiger partial charge in [-0.1, -0.05) is 20.8 Å². The third kappa shape index (κ3) is 3.61. The lowest BCUT2D eigenvalue weighted by Gasteiger charge is -2.16. The highest BCUT2D eigenvalue weighted by atomic mass is 16.6. The van der Waals surface area contributed by atoms with Crippen LogP contribution >= 0.6 is 0 Å². The summed E-state index contributed by atoms with van der Waals surface area (Å²) in [7, 11) is 1.37. The quantitative estimate of drug-likeness (QED) is 0.705. The minimum Gasteiger partial charge on any atom is -0.469 e. The molecule has 0 aromatic heterocycles. The van der Waals surface area contributed by atoms with Gasteiger partial charge in [0.25, 0.3) is 0 Å². The molecule has 0 bridgehead atoms. The predicted octanol–water partition coefficient (Wildman–Crippen LogP) is 1.52. The molecule has 2 unspecified atom stereocenters. The van der Waals surface area contributed by atoms with Crippen LogP contribution in [-0.4, -0.2) is 43.8 Å². The van der Waals surface area contributed by atoms with E-state index >= 15 is 0 Å². The second-order valence-electron chi connectivity index (χ2n) is 4.98. The molecule has 0 aromatic carbocycles. The molecule has 1 aliphatic rings. The molecular formula is C12H21NO4. The van der Waals surface area contributed by atoms with Crippen LogP contribution in [0.25, 0.3) is 0 Å². The van der Waals surface area contributed by atoms with Gasteiger partial charge < -0.3 is 14.4 Å². The number of rotatable bonds is 3. The molecule has 1 amide bonds. The molecule has 1 saturated heterocycles. The summed E-state index contributed by atoms with van der Waals surface area (Å²) in [4.78, 5) is 24.7. The molecule has 0 radical (unpaired) electrons. The minimum absolute atomic E-state index is 0.119. The molecule has 1 aliphatic heterocycles. The predicted molar refractivity (Wildman–Crippen MR) is 62.4 cm³/mol. The summed E-state index contributed by atoms with van der Waals surface area (Å²) in [5.74, 6) is -0.0484. The van der Waals surface area contributed by atoms with Gasteiger partial charge >= 0.3 is 12.1 Å². The molecule has 5 heteroatoms. The van der Waals surface area contributed by atoms with Crippen LogP contribution in [0.1, 0.15) is 20.8 Å². The van der Waals surface area contributed by atoms with Gasteiger partial charge in [0.2, 0.25) is 0 Å². The summed E-state index contributed by atoms with van der Waals surface area (Å²) in [6.45, 7) is 7.26. The Morgan fingerprint density at radius 3 is 2.53 bits per heavy atom. The summed E-state index contributed by atoms with van der Waals surface area (Å²) in [6.07, 6.45) is -0.336. The Bertz CT molecular complexity index is 290. The SMILES string of the molecule is COC(=O)C1CN(C(=O)OCC(C)C)CC1C. The molecule has 0 aliphatic carbocycles. The van der Waals surface area contributed by atoms with Crippen molar-refractivity contribution in [3.05, 3.63) is 0 Å². The van der Waals surface area contributed by atoms with Crippen LogP contribution < -0.4 is 0 Å². The third-order valence-corrected chi connectivity index (χ3v) is 2.91. The molecule has 0 aromatic rings. The largest absolute Gasteiger partial charge is 0.469 e. The smallest absolute Gasteiger partial charge is 0.409 e. The second-order valence-corrected chi connectivity index (χ2v) is 4.98. The van der Waals surface area contributed by atoms with Crippen LogP contribution in [-0.2, 0) is 14.3 Å². The summed E-state index contributed by atoms with van der Waals surface area (Å²) in [5.41, 5.74) is 0. The number of nitrogens with zero attached hydrogens (tertiary/aromatic N) is 1. The van der Waals surface area contributed by atoms with Gasteiger partial charge in [-0.05, 0) is 11.8 Å². The van der Waals surface area contributed by atoms with E-state index in [4.69, 9.17) is 9.47 Å². The number of amides is 1. The molecule has 5 nitrogen and oxygen atoms in total. The van der Waals surface area contributed by atoms with Gasteiger partial charge in [0.15, 0.2) is 0 Å². The van der Waals surface area contributed by atoms with E-state index in [1.54, 1.807) is 4.90 Å². The second kappa shape index (κ2) is 5.89. The van der Waals surface area contributed by atoms with E-state index in [2.05, 4.69) is 0 Å². The highest BCUT2D eigenvalue weighted by Crippen LogP contribution is 2.24. The van der Waals surface area contributed by atoms with Crippen LogP contribution in [0.3, 0.4) is 0 Å². The first-order valence-corrected chi connectivity index (χ1v) is 5.95. The first-order valence-electron chi connectivity index (χ1n) is 5.95. The Morgan fingerprint density at radius 2 is 2.00 bits per heavy atom. The molecule has 0 saturated carbocycles. The number of ether oxygens (including phenoxy) is 2. The highest BCUT2D eigenvalue weighted by molar-refractivity contribution is 5.76. The Hall–Kier alpha value is -1.26. The minimum atomic E-state index is -0.336. The zero-order chi connectivity index (χ0) is 13.0. The summed E-state index contributed by atoms with van der Waals surface area (Å²) in [6, 6.07) is 0. The fourth-order valence-electron chi connectivity index (χ4n) is 1.90. The van der Waals surface area contributed by atoms with Crippen LogP contribution in [0.15, 0.2) is 0 Å². The number of carbonyl (C=O) groups excluding carboxylic acids is 2.